The summed E-state index contributed by atoms with van der Waals surface area (Å²) in [6, 6.07) is 2.96. The van der Waals surface area contributed by atoms with Crippen LogP contribution in [-0.4, -0.2) is 39.9 Å². The maximum absolute atomic E-state index is 13.5. The number of sulfonamides is 1. The SMILES string of the molecule is CN(C)C(=O)COc1ccc(S(N)(=O)=O)cc1F. The molecule has 0 unspecified atom stereocenters. The third-order valence-electron chi connectivity index (χ3n) is 2.08. The molecule has 18 heavy (non-hydrogen) atoms. The molecule has 0 radical (unpaired) electrons. The molecular weight excluding hydrogens is 263 g/mol. The van der Waals surface area contributed by atoms with Crippen molar-refractivity contribution in [1.29, 1.82) is 0 Å². The highest BCUT2D eigenvalue weighted by Crippen LogP contribution is 2.20. The Labute approximate surface area is 104 Å². The Morgan fingerprint density at radius 2 is 2.06 bits per heavy atom. The minimum Gasteiger partial charge on any atom is -0.481 e. The molecule has 0 saturated carbocycles. The zero-order chi connectivity index (χ0) is 13.9. The van der Waals surface area contributed by atoms with Gasteiger partial charge in [0.2, 0.25) is 10.0 Å². The van der Waals surface area contributed by atoms with Gasteiger partial charge in [-0.3, -0.25) is 4.79 Å². The molecular formula is C10H13FN2O4S. The summed E-state index contributed by atoms with van der Waals surface area (Å²) in [7, 11) is -0.890. The molecule has 0 heterocycles. The minimum absolute atomic E-state index is 0.211. The molecule has 0 fully saturated rings. The van der Waals surface area contributed by atoms with E-state index >= 15 is 0 Å². The predicted molar refractivity (Wildman–Crippen MR) is 62.0 cm³/mol. The second-order valence-electron chi connectivity index (χ2n) is 3.71. The maximum atomic E-state index is 13.5. The summed E-state index contributed by atoms with van der Waals surface area (Å²) in [5.74, 6) is -1.45. The Morgan fingerprint density at radius 3 is 2.50 bits per heavy atom. The van der Waals surface area contributed by atoms with Crippen LogP contribution >= 0.6 is 0 Å². The molecule has 1 rings (SSSR count). The van der Waals surface area contributed by atoms with E-state index in [0.29, 0.717) is 0 Å². The summed E-state index contributed by atoms with van der Waals surface area (Å²) in [4.78, 5) is 12.1. The molecule has 6 nitrogen and oxygen atoms in total. The topological polar surface area (TPSA) is 89.7 Å². The summed E-state index contributed by atoms with van der Waals surface area (Å²) in [5.41, 5.74) is 0. The highest BCUT2D eigenvalue weighted by atomic mass is 32.2. The number of benzene rings is 1. The summed E-state index contributed by atoms with van der Waals surface area (Å²) in [6.07, 6.45) is 0. The lowest BCUT2D eigenvalue weighted by molar-refractivity contribution is -0.130. The molecule has 0 bridgehead atoms. The summed E-state index contributed by atoms with van der Waals surface area (Å²) < 4.78 is 40.3. The zero-order valence-electron chi connectivity index (χ0n) is 9.88. The zero-order valence-corrected chi connectivity index (χ0v) is 10.7. The fourth-order valence-electron chi connectivity index (χ4n) is 1.04. The van der Waals surface area contributed by atoms with Crippen molar-refractivity contribution >= 4 is 15.9 Å². The lowest BCUT2D eigenvalue weighted by Gasteiger charge is -2.12. The van der Waals surface area contributed by atoms with Crippen LogP contribution in [-0.2, 0) is 14.8 Å². The average molecular weight is 276 g/mol. The van der Waals surface area contributed by atoms with Gasteiger partial charge in [0.15, 0.2) is 18.2 Å². The largest absolute Gasteiger partial charge is 0.481 e. The molecule has 0 aliphatic carbocycles. The van der Waals surface area contributed by atoms with Crippen molar-refractivity contribution in [2.75, 3.05) is 20.7 Å². The molecule has 8 heteroatoms. The highest BCUT2D eigenvalue weighted by Gasteiger charge is 2.13. The number of rotatable bonds is 4. The second-order valence-corrected chi connectivity index (χ2v) is 5.28. The first-order valence-corrected chi connectivity index (χ1v) is 6.42. The number of hydrogen-bond donors (Lipinski definition) is 1. The van der Waals surface area contributed by atoms with Crippen molar-refractivity contribution in [3.8, 4) is 5.75 Å². The average Bonchev–Trinajstić information content (AvgIpc) is 2.25. The van der Waals surface area contributed by atoms with E-state index in [-0.39, 0.29) is 23.2 Å². The normalized spacial score (nSPS) is 11.1. The summed E-state index contributed by atoms with van der Waals surface area (Å²) in [5, 5.41) is 4.84. The Hall–Kier alpha value is -1.67. The smallest absolute Gasteiger partial charge is 0.259 e. The standard InChI is InChI=1S/C10H13FN2O4S/c1-13(2)10(14)6-17-9-4-3-7(5-8(9)11)18(12,15)16/h3-5H,6H2,1-2H3,(H2,12,15,16). The van der Waals surface area contributed by atoms with Gasteiger partial charge in [0.05, 0.1) is 4.90 Å². The van der Waals surface area contributed by atoms with E-state index in [1.807, 2.05) is 0 Å². The Bertz CT molecular complexity index is 557. The maximum Gasteiger partial charge on any atom is 0.259 e. The molecule has 0 atom stereocenters. The van der Waals surface area contributed by atoms with E-state index in [4.69, 9.17) is 9.88 Å². The molecule has 100 valence electrons. The van der Waals surface area contributed by atoms with Crippen molar-refractivity contribution < 1.29 is 22.3 Å². The van der Waals surface area contributed by atoms with Gasteiger partial charge < -0.3 is 9.64 Å². The molecule has 1 aromatic carbocycles. The molecule has 2 N–H and O–H groups in total. The van der Waals surface area contributed by atoms with E-state index in [1.165, 1.54) is 19.0 Å². The van der Waals surface area contributed by atoms with Crippen molar-refractivity contribution in [2.24, 2.45) is 5.14 Å². The van der Waals surface area contributed by atoms with Crippen molar-refractivity contribution in [1.82, 2.24) is 4.90 Å². The van der Waals surface area contributed by atoms with Crippen molar-refractivity contribution in [3.63, 3.8) is 0 Å². The number of nitrogens with zero attached hydrogens (tertiary/aromatic N) is 1. The van der Waals surface area contributed by atoms with Crippen LogP contribution in [0.15, 0.2) is 23.1 Å². The molecule has 1 aromatic rings. The second kappa shape index (κ2) is 5.32. The van der Waals surface area contributed by atoms with Gasteiger partial charge in [0.1, 0.15) is 0 Å². The van der Waals surface area contributed by atoms with Crippen LogP contribution in [0, 0.1) is 5.82 Å². The number of carbonyl (C=O) groups excluding carboxylic acids is 1. The number of likely N-dealkylation sites (N-methyl/N-ethyl adjacent to an activating group) is 1. The van der Waals surface area contributed by atoms with Crippen molar-refractivity contribution in [2.45, 2.75) is 4.90 Å². The van der Waals surface area contributed by atoms with Gasteiger partial charge in [-0.2, -0.15) is 0 Å². The first-order valence-electron chi connectivity index (χ1n) is 4.87. The molecule has 0 spiro atoms. The molecule has 0 aromatic heterocycles. The molecule has 0 aliphatic heterocycles. The summed E-state index contributed by atoms with van der Waals surface area (Å²) in [6.45, 7) is -0.335. The van der Waals surface area contributed by atoms with Crippen molar-refractivity contribution in [3.05, 3.63) is 24.0 Å². The Kier molecular flexibility index (Phi) is 4.25. The van der Waals surface area contributed by atoms with E-state index in [2.05, 4.69) is 0 Å². The first kappa shape index (κ1) is 14.4. The lowest BCUT2D eigenvalue weighted by Crippen LogP contribution is -2.27. The van der Waals surface area contributed by atoms with Gasteiger partial charge in [0, 0.05) is 14.1 Å². The van der Waals surface area contributed by atoms with Gasteiger partial charge in [-0.05, 0) is 18.2 Å². The van der Waals surface area contributed by atoms with Gasteiger partial charge in [-0.15, -0.1) is 0 Å². The fraction of sp³-hybridized carbons (Fsp3) is 0.300. The van der Waals surface area contributed by atoms with Crippen LogP contribution in [0.2, 0.25) is 0 Å². The first-order chi connectivity index (χ1) is 8.21. The molecule has 0 saturated heterocycles. The number of nitrogens with two attached hydrogens (primary N) is 1. The van der Waals surface area contributed by atoms with Gasteiger partial charge in [-0.1, -0.05) is 0 Å². The van der Waals surface area contributed by atoms with Gasteiger partial charge in [0.25, 0.3) is 5.91 Å². The number of carbonyl (C=O) groups is 1. The van der Waals surface area contributed by atoms with Crippen LogP contribution in [0.5, 0.6) is 5.75 Å². The molecule has 1 amide bonds. The van der Waals surface area contributed by atoms with Gasteiger partial charge in [-0.25, -0.2) is 17.9 Å². The monoisotopic (exact) mass is 276 g/mol. The van der Waals surface area contributed by atoms with E-state index in [1.54, 1.807) is 0 Å². The highest BCUT2D eigenvalue weighted by molar-refractivity contribution is 7.89. The number of halogens is 1. The van der Waals surface area contributed by atoms with E-state index < -0.39 is 15.8 Å². The lowest BCUT2D eigenvalue weighted by atomic mass is 10.3. The summed E-state index contributed by atoms with van der Waals surface area (Å²) >= 11 is 0. The number of ether oxygens (including phenoxy) is 1. The van der Waals surface area contributed by atoms with Gasteiger partial charge >= 0.3 is 0 Å². The van der Waals surface area contributed by atoms with Crippen LogP contribution in [0.25, 0.3) is 0 Å². The van der Waals surface area contributed by atoms with E-state index in [0.717, 1.165) is 18.2 Å². The third kappa shape index (κ3) is 3.67. The quantitative estimate of drug-likeness (QED) is 0.834. The number of hydrogen-bond acceptors (Lipinski definition) is 4. The predicted octanol–water partition coefficient (Wildman–Crippen LogP) is -0.0599. The van der Waals surface area contributed by atoms with E-state index in [9.17, 15) is 17.6 Å². The minimum atomic E-state index is -3.96. The third-order valence-corrected chi connectivity index (χ3v) is 2.99. The van der Waals surface area contributed by atoms with Crippen LogP contribution in [0.1, 0.15) is 0 Å². The molecule has 0 aliphatic rings. The number of primary sulfonamides is 1. The Morgan fingerprint density at radius 1 is 1.44 bits per heavy atom. The van der Waals surface area contributed by atoms with Crippen LogP contribution in [0.3, 0.4) is 0 Å². The number of amides is 1. The Balaban J connectivity index is 2.84. The van der Waals surface area contributed by atoms with Crippen LogP contribution < -0.4 is 9.88 Å². The fourth-order valence-corrected chi connectivity index (χ4v) is 1.57. The van der Waals surface area contributed by atoms with Crippen LogP contribution in [0.4, 0.5) is 4.39 Å².